The zero-order valence-electron chi connectivity index (χ0n) is 37.2. The lowest BCUT2D eigenvalue weighted by molar-refractivity contribution is -0.298. The molecule has 0 saturated carbocycles. The van der Waals surface area contributed by atoms with Gasteiger partial charge >= 0.3 is 10.4 Å². The largest absolute Gasteiger partial charge is 0.397 e. The van der Waals surface area contributed by atoms with Gasteiger partial charge in [-0.15, -0.1) is 0 Å². The van der Waals surface area contributed by atoms with E-state index in [0.717, 1.165) is 38.5 Å². The zero-order chi connectivity index (χ0) is 43.6. The molecule has 0 radical (unpaired) electrons. The summed E-state index contributed by atoms with van der Waals surface area (Å²) < 4.78 is 47.6. The number of carbonyl (C=O) groups is 1. The van der Waals surface area contributed by atoms with Crippen LogP contribution in [0.1, 0.15) is 219 Å². The molecule has 1 aliphatic heterocycles. The molecule has 352 valence electrons. The van der Waals surface area contributed by atoms with E-state index < -0.39 is 78.5 Å². The number of aliphatic hydroxyl groups is 5. The van der Waals surface area contributed by atoms with Crippen LogP contribution in [0.2, 0.25) is 0 Å². The molecule has 0 bridgehead atoms. The Balaban J connectivity index is 2.50. The van der Waals surface area contributed by atoms with Crippen LogP contribution in [0.3, 0.4) is 0 Å². The Kier molecular flexibility index (Phi) is 34.7. The van der Waals surface area contributed by atoms with Crippen molar-refractivity contribution in [2.75, 3.05) is 13.2 Å². The van der Waals surface area contributed by atoms with Gasteiger partial charge in [-0.2, -0.15) is 8.42 Å². The first-order valence-corrected chi connectivity index (χ1v) is 25.4. The lowest BCUT2D eigenvalue weighted by atomic mass is 9.99. The predicted octanol–water partition coefficient (Wildman–Crippen LogP) is 8.36. The molecular formula is C45H89NO12S. The van der Waals surface area contributed by atoms with Crippen LogP contribution in [0.25, 0.3) is 0 Å². The van der Waals surface area contributed by atoms with E-state index in [4.69, 9.17) is 9.47 Å². The van der Waals surface area contributed by atoms with E-state index in [-0.39, 0.29) is 6.42 Å². The van der Waals surface area contributed by atoms with Crippen LogP contribution >= 0.6 is 0 Å². The number of rotatable bonds is 41. The normalized spacial score (nSPS) is 21.4. The van der Waals surface area contributed by atoms with Crippen molar-refractivity contribution in [3.63, 3.8) is 0 Å². The first kappa shape index (κ1) is 56.1. The molecule has 1 aliphatic rings. The number of nitrogens with one attached hydrogen (secondary N) is 1. The third-order valence-corrected chi connectivity index (χ3v) is 12.2. The van der Waals surface area contributed by atoms with Gasteiger partial charge in [0, 0.05) is 0 Å². The van der Waals surface area contributed by atoms with Crippen molar-refractivity contribution in [1.29, 1.82) is 0 Å². The monoisotopic (exact) mass is 868 g/mol. The molecule has 13 nitrogen and oxygen atoms in total. The number of hydrogen-bond donors (Lipinski definition) is 7. The van der Waals surface area contributed by atoms with E-state index in [1.165, 1.54) is 141 Å². The Hall–Kier alpha value is -0.940. The number of unbranched alkanes of at least 4 members (excludes halogenated alkanes) is 28. The molecule has 14 heteroatoms. The Morgan fingerprint density at radius 3 is 1.36 bits per heavy atom. The second-order valence-electron chi connectivity index (χ2n) is 17.2. The fourth-order valence-corrected chi connectivity index (χ4v) is 8.45. The molecular weight excluding hydrogens is 779 g/mol. The van der Waals surface area contributed by atoms with Crippen LogP contribution in [0, 0.1) is 0 Å². The number of ether oxygens (including phenoxy) is 2. The van der Waals surface area contributed by atoms with Crippen LogP contribution in [0.4, 0.5) is 0 Å². The van der Waals surface area contributed by atoms with Crippen molar-refractivity contribution in [1.82, 2.24) is 5.32 Å². The molecule has 7 N–H and O–H groups in total. The van der Waals surface area contributed by atoms with Crippen LogP contribution in [0.5, 0.6) is 0 Å². The maximum absolute atomic E-state index is 13.1. The number of amides is 1. The summed E-state index contributed by atoms with van der Waals surface area (Å²) in [4.78, 5) is 13.1. The van der Waals surface area contributed by atoms with E-state index in [1.54, 1.807) is 0 Å². The maximum atomic E-state index is 13.1. The Morgan fingerprint density at radius 2 is 0.983 bits per heavy atom. The number of hydrogen-bond acceptors (Lipinski definition) is 11. The first-order valence-electron chi connectivity index (χ1n) is 24.0. The fraction of sp³-hybridized carbons (Fsp3) is 0.978. The quantitative estimate of drug-likeness (QED) is 0.0228. The van der Waals surface area contributed by atoms with Gasteiger partial charge in [0.05, 0.1) is 25.4 Å². The second-order valence-corrected chi connectivity index (χ2v) is 18.3. The minimum Gasteiger partial charge on any atom is -0.394 e. The van der Waals surface area contributed by atoms with Gasteiger partial charge in [0.1, 0.15) is 30.5 Å². The summed E-state index contributed by atoms with van der Waals surface area (Å²) >= 11 is 0. The summed E-state index contributed by atoms with van der Waals surface area (Å²) in [7, 11) is -5.10. The van der Waals surface area contributed by atoms with E-state index in [2.05, 4.69) is 23.3 Å². The molecule has 1 heterocycles. The van der Waals surface area contributed by atoms with E-state index in [1.807, 2.05) is 0 Å². The van der Waals surface area contributed by atoms with Crippen molar-refractivity contribution in [2.45, 2.75) is 268 Å². The lowest BCUT2D eigenvalue weighted by Gasteiger charge is -2.41. The summed E-state index contributed by atoms with van der Waals surface area (Å²) in [6, 6.07) is -1.03. The molecule has 0 aliphatic carbocycles. The maximum Gasteiger partial charge on any atom is 0.397 e. The minimum absolute atomic E-state index is 0.266. The van der Waals surface area contributed by atoms with Crippen LogP contribution in [-0.4, -0.2) is 107 Å². The van der Waals surface area contributed by atoms with Gasteiger partial charge in [-0.25, -0.2) is 4.18 Å². The zero-order valence-corrected chi connectivity index (χ0v) is 38.0. The van der Waals surface area contributed by atoms with Gasteiger partial charge in [-0.3, -0.25) is 9.35 Å². The van der Waals surface area contributed by atoms with Crippen molar-refractivity contribution < 1.29 is 57.0 Å². The molecule has 0 aromatic carbocycles. The SMILES string of the molecule is CCCCCCCCCCCCCCCCCCCCC(O)C(=O)NC(COC1OC(CO)C(O)C(OS(=O)(=O)O)C1O)C(O)CCCCCCCCCCCCCC. The second kappa shape index (κ2) is 36.5. The molecule has 59 heavy (non-hydrogen) atoms. The molecule has 0 spiro atoms. The Bertz CT molecular complexity index is 1090. The average molecular weight is 868 g/mol. The summed E-state index contributed by atoms with van der Waals surface area (Å²) in [5.41, 5.74) is 0. The third kappa shape index (κ3) is 29.1. The molecule has 8 atom stereocenters. The first-order chi connectivity index (χ1) is 28.4. The van der Waals surface area contributed by atoms with Crippen LogP contribution < -0.4 is 5.32 Å². The van der Waals surface area contributed by atoms with E-state index in [0.29, 0.717) is 19.3 Å². The summed E-state index contributed by atoms with van der Waals surface area (Å²) in [5, 5.41) is 55.3. The highest BCUT2D eigenvalue weighted by molar-refractivity contribution is 7.80. The van der Waals surface area contributed by atoms with E-state index >= 15 is 0 Å². The van der Waals surface area contributed by atoms with Gasteiger partial charge in [-0.05, 0) is 12.8 Å². The summed E-state index contributed by atoms with van der Waals surface area (Å²) in [5.74, 6) is -0.666. The Morgan fingerprint density at radius 1 is 0.610 bits per heavy atom. The molecule has 1 fully saturated rings. The molecule has 0 aromatic rings. The summed E-state index contributed by atoms with van der Waals surface area (Å²) in [6.07, 6.45) is 25.7. The van der Waals surface area contributed by atoms with Crippen LogP contribution in [-0.2, 0) is 28.9 Å². The average Bonchev–Trinajstić information content (AvgIpc) is 3.20. The molecule has 1 amide bonds. The Labute approximate surface area is 359 Å². The molecule has 1 rings (SSSR count). The molecule has 0 aromatic heterocycles. The van der Waals surface area contributed by atoms with Crippen LogP contribution in [0.15, 0.2) is 0 Å². The van der Waals surface area contributed by atoms with Gasteiger partial charge in [-0.1, -0.05) is 206 Å². The van der Waals surface area contributed by atoms with E-state index in [9.17, 15) is 43.3 Å². The highest BCUT2D eigenvalue weighted by Gasteiger charge is 2.48. The van der Waals surface area contributed by atoms with Crippen molar-refractivity contribution in [2.24, 2.45) is 0 Å². The topological polar surface area (TPSA) is 212 Å². The predicted molar refractivity (Wildman–Crippen MR) is 233 cm³/mol. The highest BCUT2D eigenvalue weighted by Crippen LogP contribution is 2.26. The molecule has 8 unspecified atom stereocenters. The summed E-state index contributed by atoms with van der Waals surface area (Å²) in [6.45, 7) is 3.28. The smallest absolute Gasteiger partial charge is 0.394 e. The van der Waals surface area contributed by atoms with Gasteiger partial charge in [0.25, 0.3) is 0 Å². The third-order valence-electron chi connectivity index (χ3n) is 11.8. The van der Waals surface area contributed by atoms with Gasteiger partial charge in [0.2, 0.25) is 5.91 Å². The van der Waals surface area contributed by atoms with Crippen molar-refractivity contribution >= 4 is 16.3 Å². The lowest BCUT2D eigenvalue weighted by Crippen LogP contribution is -2.61. The van der Waals surface area contributed by atoms with Crippen molar-refractivity contribution in [3.8, 4) is 0 Å². The highest BCUT2D eigenvalue weighted by atomic mass is 32.3. The molecule has 1 saturated heterocycles. The standard InChI is InChI=1S/C45H89NO12S/c1-3-5-7-9-11-13-15-17-18-19-20-21-22-24-26-28-30-32-34-39(49)44(52)46-37(38(48)33-31-29-27-25-23-16-14-12-10-8-6-4-2)36-56-45-42(51)43(58-59(53,54)55)41(50)40(35-47)57-45/h37-43,45,47-51H,3-36H2,1-2H3,(H,46,52)(H,53,54,55). The minimum atomic E-state index is -5.10. The number of carbonyl (C=O) groups excluding carboxylic acids is 1. The van der Waals surface area contributed by atoms with Gasteiger partial charge < -0.3 is 40.3 Å². The number of aliphatic hydroxyl groups excluding tert-OH is 5. The van der Waals surface area contributed by atoms with Gasteiger partial charge in [0.15, 0.2) is 6.29 Å². The van der Waals surface area contributed by atoms with Crippen molar-refractivity contribution in [3.05, 3.63) is 0 Å². The fourth-order valence-electron chi connectivity index (χ4n) is 7.94.